The van der Waals surface area contributed by atoms with Gasteiger partial charge in [-0.3, -0.25) is 0 Å². The van der Waals surface area contributed by atoms with E-state index in [9.17, 15) is 0 Å². The Morgan fingerprint density at radius 1 is 1.71 bits per heavy atom. The number of hydrogen-bond donors (Lipinski definition) is 2. The van der Waals surface area contributed by atoms with Crippen LogP contribution in [0, 0.1) is 0 Å². The second kappa shape index (κ2) is 1.64. The molecule has 0 unspecified atom stereocenters. The molecule has 1 aliphatic carbocycles. The minimum atomic E-state index is -0.319. The van der Waals surface area contributed by atoms with Gasteiger partial charge in [0, 0.05) is 6.04 Å². The highest BCUT2D eigenvalue weighted by Gasteiger charge is 2.13. The Morgan fingerprint density at radius 2 is 2.43 bits per heavy atom. The molecule has 3 N–H and O–H groups in total. The molecule has 0 radical (unpaired) electrons. The number of aliphatic hydroxyl groups excluding tert-OH is 1. The van der Waals surface area contributed by atoms with Crippen LogP contribution in [0.15, 0.2) is 12.2 Å². The van der Waals surface area contributed by atoms with Gasteiger partial charge in [0.25, 0.3) is 0 Å². The van der Waals surface area contributed by atoms with Crippen molar-refractivity contribution in [3.8, 4) is 0 Å². The van der Waals surface area contributed by atoms with Gasteiger partial charge in [-0.25, -0.2) is 0 Å². The van der Waals surface area contributed by atoms with E-state index in [2.05, 4.69) is 0 Å². The average molecular weight is 99.1 g/mol. The first-order valence-corrected chi connectivity index (χ1v) is 2.41. The Kier molecular flexibility index (Phi) is 1.13. The van der Waals surface area contributed by atoms with Crippen molar-refractivity contribution in [2.45, 2.75) is 18.6 Å². The first kappa shape index (κ1) is 4.81. The third kappa shape index (κ3) is 0.813. The summed E-state index contributed by atoms with van der Waals surface area (Å²) < 4.78 is 0. The quantitative estimate of drug-likeness (QED) is 0.407. The normalized spacial score (nSPS) is 39.7. The van der Waals surface area contributed by atoms with Crippen LogP contribution in [-0.4, -0.2) is 17.3 Å². The second-order valence-corrected chi connectivity index (χ2v) is 1.81. The van der Waals surface area contributed by atoms with Gasteiger partial charge < -0.3 is 10.8 Å². The Morgan fingerprint density at radius 3 is 2.57 bits per heavy atom. The van der Waals surface area contributed by atoms with E-state index >= 15 is 0 Å². The van der Waals surface area contributed by atoms with E-state index in [1.807, 2.05) is 12.2 Å². The zero-order valence-electron chi connectivity index (χ0n) is 4.04. The van der Waals surface area contributed by atoms with Crippen molar-refractivity contribution < 1.29 is 5.11 Å². The van der Waals surface area contributed by atoms with Gasteiger partial charge in [-0.2, -0.15) is 0 Å². The number of aliphatic hydroxyl groups is 1. The van der Waals surface area contributed by atoms with Gasteiger partial charge in [-0.15, -0.1) is 0 Å². The minimum Gasteiger partial charge on any atom is -0.391 e. The monoisotopic (exact) mass is 99.1 g/mol. The lowest BCUT2D eigenvalue weighted by atomic mass is 10.2. The third-order valence-electron chi connectivity index (χ3n) is 1.18. The Balaban J connectivity index is 2.45. The van der Waals surface area contributed by atoms with Crippen molar-refractivity contribution in [1.29, 1.82) is 0 Å². The summed E-state index contributed by atoms with van der Waals surface area (Å²) in [6.07, 6.45) is 4.13. The van der Waals surface area contributed by atoms with Crippen LogP contribution in [0.25, 0.3) is 0 Å². The zero-order chi connectivity index (χ0) is 5.28. The largest absolute Gasteiger partial charge is 0.391 e. The molecule has 1 aliphatic rings. The van der Waals surface area contributed by atoms with E-state index in [0.29, 0.717) is 0 Å². The molecule has 2 heteroatoms. The molecular formula is C5H9NO. The maximum atomic E-state index is 8.81. The van der Waals surface area contributed by atoms with E-state index in [-0.39, 0.29) is 12.1 Å². The summed E-state index contributed by atoms with van der Waals surface area (Å²) in [6, 6.07) is -0.111. The van der Waals surface area contributed by atoms with E-state index < -0.39 is 0 Å². The van der Waals surface area contributed by atoms with Gasteiger partial charge in [-0.05, 0) is 6.42 Å². The fraction of sp³-hybridized carbons (Fsp3) is 0.600. The topological polar surface area (TPSA) is 46.2 Å². The van der Waals surface area contributed by atoms with Crippen molar-refractivity contribution in [2.75, 3.05) is 0 Å². The predicted molar refractivity (Wildman–Crippen MR) is 27.7 cm³/mol. The summed E-state index contributed by atoms with van der Waals surface area (Å²) in [5.41, 5.74) is 5.34. The molecule has 1 rings (SSSR count). The molecular weight excluding hydrogens is 90.1 g/mol. The lowest BCUT2D eigenvalue weighted by molar-refractivity contribution is 0.172. The smallest absolute Gasteiger partial charge is 0.0761 e. The van der Waals surface area contributed by atoms with Crippen molar-refractivity contribution in [1.82, 2.24) is 0 Å². The maximum Gasteiger partial charge on any atom is 0.0761 e. The first-order valence-electron chi connectivity index (χ1n) is 2.41. The molecule has 2 nitrogen and oxygen atoms in total. The van der Waals surface area contributed by atoms with Gasteiger partial charge in [0.15, 0.2) is 0 Å². The van der Waals surface area contributed by atoms with Crippen LogP contribution in [0.5, 0.6) is 0 Å². The Bertz CT molecular complexity index is 90.1. The predicted octanol–water partition coefficient (Wildman–Crippen LogP) is -0.365. The van der Waals surface area contributed by atoms with Crippen molar-refractivity contribution in [3.63, 3.8) is 0 Å². The van der Waals surface area contributed by atoms with Crippen LogP contribution < -0.4 is 5.73 Å². The number of nitrogens with two attached hydrogens (primary N) is 1. The van der Waals surface area contributed by atoms with E-state index in [1.54, 1.807) is 0 Å². The van der Waals surface area contributed by atoms with Crippen LogP contribution in [0.2, 0.25) is 0 Å². The van der Waals surface area contributed by atoms with Crippen molar-refractivity contribution in [2.24, 2.45) is 5.73 Å². The van der Waals surface area contributed by atoms with Gasteiger partial charge in [0.1, 0.15) is 0 Å². The zero-order valence-corrected chi connectivity index (χ0v) is 4.04. The summed E-state index contributed by atoms with van der Waals surface area (Å²) >= 11 is 0. The fourth-order valence-electron chi connectivity index (χ4n) is 0.661. The molecule has 0 saturated carbocycles. The van der Waals surface area contributed by atoms with Crippen LogP contribution in [0.4, 0.5) is 0 Å². The molecule has 0 aromatic rings. The Labute approximate surface area is 42.6 Å². The molecule has 2 atom stereocenters. The van der Waals surface area contributed by atoms with Crippen molar-refractivity contribution >= 4 is 0 Å². The lowest BCUT2D eigenvalue weighted by Crippen LogP contribution is -2.28. The molecule has 0 amide bonds. The molecule has 0 bridgehead atoms. The lowest BCUT2D eigenvalue weighted by Gasteiger charge is -2.04. The molecule has 7 heavy (non-hydrogen) atoms. The Hall–Kier alpha value is -0.340. The van der Waals surface area contributed by atoms with Gasteiger partial charge in [0.2, 0.25) is 0 Å². The highest BCUT2D eigenvalue weighted by molar-refractivity contribution is 5.04. The molecule has 0 saturated heterocycles. The summed E-state index contributed by atoms with van der Waals surface area (Å²) in [5, 5.41) is 8.81. The van der Waals surface area contributed by atoms with Crippen LogP contribution in [-0.2, 0) is 0 Å². The summed E-state index contributed by atoms with van der Waals surface area (Å²) in [4.78, 5) is 0. The molecule has 40 valence electrons. The van der Waals surface area contributed by atoms with Crippen LogP contribution >= 0.6 is 0 Å². The van der Waals surface area contributed by atoms with Crippen molar-refractivity contribution in [3.05, 3.63) is 12.2 Å². The minimum absolute atomic E-state index is 0.111. The SMILES string of the molecule is N[C@H]1C=CC[C@@H]1O. The van der Waals surface area contributed by atoms with E-state index in [4.69, 9.17) is 10.8 Å². The molecule has 0 aliphatic heterocycles. The highest BCUT2D eigenvalue weighted by atomic mass is 16.3. The first-order chi connectivity index (χ1) is 3.30. The standard InChI is InChI=1S/C5H9NO/c6-4-2-1-3-5(4)7/h1-2,4-5,7H,3,6H2/t4-,5-/m0/s1. The molecule has 0 spiro atoms. The van der Waals surface area contributed by atoms with E-state index in [1.165, 1.54) is 0 Å². The second-order valence-electron chi connectivity index (χ2n) is 1.81. The fourth-order valence-corrected chi connectivity index (χ4v) is 0.661. The molecule has 0 heterocycles. The summed E-state index contributed by atoms with van der Waals surface area (Å²) in [5.74, 6) is 0. The highest BCUT2D eigenvalue weighted by Crippen LogP contribution is 2.06. The summed E-state index contributed by atoms with van der Waals surface area (Å²) in [7, 11) is 0. The van der Waals surface area contributed by atoms with Crippen LogP contribution in [0.1, 0.15) is 6.42 Å². The summed E-state index contributed by atoms with van der Waals surface area (Å²) in [6.45, 7) is 0. The molecule has 0 aromatic carbocycles. The van der Waals surface area contributed by atoms with Crippen LogP contribution in [0.3, 0.4) is 0 Å². The van der Waals surface area contributed by atoms with Gasteiger partial charge in [-0.1, -0.05) is 12.2 Å². The number of rotatable bonds is 0. The average Bonchev–Trinajstić information content (AvgIpc) is 1.91. The van der Waals surface area contributed by atoms with E-state index in [0.717, 1.165) is 6.42 Å². The molecule has 0 fully saturated rings. The molecule has 0 aromatic heterocycles. The number of hydrogen-bond acceptors (Lipinski definition) is 2. The third-order valence-corrected chi connectivity index (χ3v) is 1.18. The van der Waals surface area contributed by atoms with Gasteiger partial charge in [0.05, 0.1) is 6.10 Å². The maximum absolute atomic E-state index is 8.81. The van der Waals surface area contributed by atoms with Gasteiger partial charge >= 0.3 is 0 Å².